The molecule has 1 atom stereocenters. The molecule has 6 heteroatoms. The monoisotopic (exact) mass is 347 g/mol. The van der Waals surface area contributed by atoms with Gasteiger partial charge in [0, 0.05) is 19.2 Å². The number of anilines is 2. The Bertz CT molecular complexity index is 658. The summed E-state index contributed by atoms with van der Waals surface area (Å²) in [6.45, 7) is 3.69. The van der Waals surface area contributed by atoms with E-state index in [1.54, 1.807) is 6.92 Å². The van der Waals surface area contributed by atoms with Gasteiger partial charge in [0.1, 0.15) is 11.9 Å². The molecule has 2 rings (SSSR count). The molecule has 0 heterocycles. The van der Waals surface area contributed by atoms with Crippen molar-refractivity contribution in [1.29, 1.82) is 0 Å². The number of carbonyl (C=O) groups excluding carboxylic acids is 2. The number of hydrogen-bond acceptors (Lipinski definition) is 3. The minimum absolute atomic E-state index is 0.0920. The molecule has 0 aliphatic heterocycles. The van der Waals surface area contributed by atoms with E-state index in [0.717, 1.165) is 19.3 Å². The van der Waals surface area contributed by atoms with Crippen LogP contribution in [0.15, 0.2) is 29.8 Å². The molecule has 5 nitrogen and oxygen atoms in total. The topological polar surface area (TPSA) is 70.2 Å². The Kier molecular flexibility index (Phi) is 6.98. The van der Waals surface area contributed by atoms with Gasteiger partial charge in [0.15, 0.2) is 0 Å². The third-order valence-electron chi connectivity index (χ3n) is 4.18. The summed E-state index contributed by atoms with van der Waals surface area (Å²) >= 11 is 0. The lowest BCUT2D eigenvalue weighted by Gasteiger charge is -2.17. The fraction of sp³-hybridized carbons (Fsp3) is 0.474. The molecule has 1 aliphatic carbocycles. The highest BCUT2D eigenvalue weighted by Crippen LogP contribution is 2.21. The Morgan fingerprint density at radius 2 is 2.08 bits per heavy atom. The maximum Gasteiger partial charge on any atom is 0.242 e. The highest BCUT2D eigenvalue weighted by Gasteiger charge is 2.14. The van der Waals surface area contributed by atoms with Gasteiger partial charge in [-0.2, -0.15) is 0 Å². The van der Waals surface area contributed by atoms with Crippen molar-refractivity contribution in [2.45, 2.75) is 52.0 Å². The second kappa shape index (κ2) is 9.20. The first-order valence-corrected chi connectivity index (χ1v) is 8.75. The molecule has 1 aromatic rings. The Labute approximate surface area is 148 Å². The predicted molar refractivity (Wildman–Crippen MR) is 98.0 cm³/mol. The Hall–Kier alpha value is -2.37. The van der Waals surface area contributed by atoms with Crippen molar-refractivity contribution in [3.05, 3.63) is 35.7 Å². The van der Waals surface area contributed by atoms with E-state index >= 15 is 0 Å². The minimum Gasteiger partial charge on any atom is -0.374 e. The summed E-state index contributed by atoms with van der Waals surface area (Å²) in [5.74, 6) is -0.973. The van der Waals surface area contributed by atoms with Gasteiger partial charge in [-0.15, -0.1) is 0 Å². The first-order valence-electron chi connectivity index (χ1n) is 8.75. The summed E-state index contributed by atoms with van der Waals surface area (Å²) in [6.07, 6.45) is 7.93. The molecule has 136 valence electrons. The third kappa shape index (κ3) is 6.21. The highest BCUT2D eigenvalue weighted by molar-refractivity contribution is 5.90. The number of carbonyl (C=O) groups is 2. The molecule has 3 N–H and O–H groups in total. The zero-order chi connectivity index (χ0) is 18.2. The molecule has 0 saturated heterocycles. The van der Waals surface area contributed by atoms with Gasteiger partial charge in [0.05, 0.1) is 5.69 Å². The van der Waals surface area contributed by atoms with Gasteiger partial charge in [-0.05, 0) is 57.2 Å². The van der Waals surface area contributed by atoms with Crippen molar-refractivity contribution in [3.8, 4) is 0 Å². The van der Waals surface area contributed by atoms with Crippen molar-refractivity contribution in [2.75, 3.05) is 17.2 Å². The lowest BCUT2D eigenvalue weighted by atomic mass is 9.97. The molecule has 0 saturated carbocycles. The van der Waals surface area contributed by atoms with Crippen molar-refractivity contribution in [2.24, 2.45) is 0 Å². The molecule has 0 spiro atoms. The van der Waals surface area contributed by atoms with Crippen LogP contribution in [-0.2, 0) is 9.59 Å². The van der Waals surface area contributed by atoms with Gasteiger partial charge in [0.25, 0.3) is 0 Å². The van der Waals surface area contributed by atoms with Crippen LogP contribution >= 0.6 is 0 Å². The van der Waals surface area contributed by atoms with E-state index in [-0.39, 0.29) is 17.5 Å². The second-order valence-electron chi connectivity index (χ2n) is 6.39. The highest BCUT2D eigenvalue weighted by atomic mass is 19.1. The van der Waals surface area contributed by atoms with Crippen LogP contribution in [0.1, 0.15) is 46.0 Å². The van der Waals surface area contributed by atoms with Gasteiger partial charge in [-0.1, -0.05) is 11.6 Å². The molecule has 0 radical (unpaired) electrons. The van der Waals surface area contributed by atoms with Crippen molar-refractivity contribution < 1.29 is 14.0 Å². The Morgan fingerprint density at radius 3 is 2.76 bits per heavy atom. The van der Waals surface area contributed by atoms with E-state index < -0.39 is 11.9 Å². The quantitative estimate of drug-likeness (QED) is 0.660. The first-order chi connectivity index (χ1) is 12.0. The maximum atomic E-state index is 13.6. The maximum absolute atomic E-state index is 13.6. The third-order valence-corrected chi connectivity index (χ3v) is 4.18. The SMILES string of the molecule is CC(=O)Nc1cc(N[C@@H](C)C(=O)NCCC2=CCCCC2)ccc1F. The molecule has 1 aromatic carbocycles. The standard InChI is InChI=1S/C19H26FN3O2/c1-13(19(25)21-11-10-15-6-4-3-5-7-15)22-16-8-9-17(20)18(12-16)23-14(2)24/h6,8-9,12-13,22H,3-5,7,10-11H2,1-2H3,(H,21,25)(H,23,24)/t13-/m0/s1. The molecule has 0 fully saturated rings. The van der Waals surface area contributed by atoms with Crippen LogP contribution in [0.5, 0.6) is 0 Å². The van der Waals surface area contributed by atoms with E-state index in [1.807, 2.05) is 0 Å². The second-order valence-corrected chi connectivity index (χ2v) is 6.39. The number of hydrogen-bond donors (Lipinski definition) is 3. The smallest absolute Gasteiger partial charge is 0.242 e. The van der Waals surface area contributed by atoms with Crippen LogP contribution in [-0.4, -0.2) is 24.4 Å². The number of rotatable bonds is 7. The zero-order valence-electron chi connectivity index (χ0n) is 14.8. The molecule has 2 amide bonds. The largest absolute Gasteiger partial charge is 0.374 e. The summed E-state index contributed by atoms with van der Waals surface area (Å²) in [4.78, 5) is 23.3. The van der Waals surface area contributed by atoms with E-state index in [4.69, 9.17) is 0 Å². The molecule has 0 unspecified atom stereocenters. The lowest BCUT2D eigenvalue weighted by Crippen LogP contribution is -2.38. The van der Waals surface area contributed by atoms with Crippen molar-refractivity contribution in [3.63, 3.8) is 0 Å². The van der Waals surface area contributed by atoms with Gasteiger partial charge in [-0.25, -0.2) is 4.39 Å². The molecule has 0 aromatic heterocycles. The summed E-state index contributed by atoms with van der Waals surface area (Å²) in [6, 6.07) is 3.81. The number of benzene rings is 1. The number of halogens is 1. The average molecular weight is 347 g/mol. The van der Waals surface area contributed by atoms with Gasteiger partial charge in [-0.3, -0.25) is 9.59 Å². The Balaban J connectivity index is 1.83. The van der Waals surface area contributed by atoms with Gasteiger partial charge >= 0.3 is 0 Å². The molecular formula is C19H26FN3O2. The van der Waals surface area contributed by atoms with Gasteiger partial charge in [0.2, 0.25) is 11.8 Å². The normalized spacial score (nSPS) is 15.1. The van der Waals surface area contributed by atoms with Gasteiger partial charge < -0.3 is 16.0 Å². The van der Waals surface area contributed by atoms with Crippen LogP contribution in [0.3, 0.4) is 0 Å². The van der Waals surface area contributed by atoms with E-state index in [0.29, 0.717) is 12.2 Å². The Morgan fingerprint density at radius 1 is 1.28 bits per heavy atom. The number of amides is 2. The fourth-order valence-corrected chi connectivity index (χ4v) is 2.85. The number of allylic oxidation sites excluding steroid dienone is 1. The summed E-state index contributed by atoms with van der Waals surface area (Å²) in [7, 11) is 0. The van der Waals surface area contributed by atoms with Crippen molar-refractivity contribution >= 4 is 23.2 Å². The van der Waals surface area contributed by atoms with Crippen LogP contribution < -0.4 is 16.0 Å². The molecule has 25 heavy (non-hydrogen) atoms. The van der Waals surface area contributed by atoms with E-state index in [2.05, 4.69) is 22.0 Å². The summed E-state index contributed by atoms with van der Waals surface area (Å²) < 4.78 is 13.6. The minimum atomic E-state index is -0.515. The average Bonchev–Trinajstić information content (AvgIpc) is 2.58. The molecule has 0 bridgehead atoms. The van der Waals surface area contributed by atoms with E-state index in [1.165, 1.54) is 43.5 Å². The van der Waals surface area contributed by atoms with Crippen LogP contribution in [0.4, 0.5) is 15.8 Å². The van der Waals surface area contributed by atoms with Crippen LogP contribution in [0.25, 0.3) is 0 Å². The van der Waals surface area contributed by atoms with Crippen LogP contribution in [0, 0.1) is 5.82 Å². The van der Waals surface area contributed by atoms with Crippen molar-refractivity contribution in [1.82, 2.24) is 5.32 Å². The van der Waals surface area contributed by atoms with Crippen LogP contribution in [0.2, 0.25) is 0 Å². The summed E-state index contributed by atoms with van der Waals surface area (Å²) in [5.41, 5.74) is 2.09. The van der Waals surface area contributed by atoms with E-state index in [9.17, 15) is 14.0 Å². The predicted octanol–water partition coefficient (Wildman–Crippen LogP) is 3.59. The zero-order valence-corrected chi connectivity index (χ0v) is 14.8. The molecule has 1 aliphatic rings. The number of nitrogens with one attached hydrogen (secondary N) is 3. The lowest BCUT2D eigenvalue weighted by molar-refractivity contribution is -0.121. The summed E-state index contributed by atoms with van der Waals surface area (Å²) in [5, 5.41) is 8.37. The molecular weight excluding hydrogens is 321 g/mol. The fourth-order valence-electron chi connectivity index (χ4n) is 2.85. The first kappa shape index (κ1) is 19.0.